The van der Waals surface area contributed by atoms with Gasteiger partial charge in [-0.05, 0) is 19.8 Å². The fourth-order valence-corrected chi connectivity index (χ4v) is 1.11. The second kappa shape index (κ2) is 9.09. The van der Waals surface area contributed by atoms with Gasteiger partial charge < -0.3 is 10.3 Å². The van der Waals surface area contributed by atoms with Gasteiger partial charge in [0.1, 0.15) is 0 Å². The molecule has 0 saturated heterocycles. The van der Waals surface area contributed by atoms with Gasteiger partial charge in [0.05, 0.1) is 6.61 Å². The average Bonchev–Trinajstić information content (AvgIpc) is 2.18. The van der Waals surface area contributed by atoms with Gasteiger partial charge in [0, 0.05) is 12.8 Å². The van der Waals surface area contributed by atoms with E-state index in [1.54, 1.807) is 6.92 Å². The summed E-state index contributed by atoms with van der Waals surface area (Å²) >= 11 is 0. The summed E-state index contributed by atoms with van der Waals surface area (Å²) in [5.41, 5.74) is 8.06. The Kier molecular flexibility index (Phi) is 8.19. The smallest absolute Gasteiger partial charge is 0.323 e. The molecule has 0 aromatic heterocycles. The first-order valence-corrected chi connectivity index (χ1v) is 5.06. The van der Waals surface area contributed by atoms with Crippen LogP contribution in [0, 0.1) is 0 Å². The Morgan fingerprint density at radius 3 is 2.53 bits per heavy atom. The van der Waals surface area contributed by atoms with E-state index in [-0.39, 0.29) is 11.8 Å². The summed E-state index contributed by atoms with van der Waals surface area (Å²) in [6, 6.07) is 0. The summed E-state index contributed by atoms with van der Waals surface area (Å²) in [5.74, 6) is -0.394. The standard InChI is InChI=1S/C10H16N2O3/c1-2-15-10(14)7-5-3-4-6-9(13)8-12-11/h8H,2-7H2,1H3. The molecule has 0 rings (SSSR count). The van der Waals surface area contributed by atoms with E-state index in [0.717, 1.165) is 19.1 Å². The number of esters is 1. The second-order valence-electron chi connectivity index (χ2n) is 3.08. The van der Waals surface area contributed by atoms with Crippen LogP contribution in [0.5, 0.6) is 0 Å². The highest BCUT2D eigenvalue weighted by Crippen LogP contribution is 2.04. The predicted molar refractivity (Wildman–Crippen MR) is 54.4 cm³/mol. The minimum absolute atomic E-state index is 0.194. The van der Waals surface area contributed by atoms with Crippen LogP contribution in [0.15, 0.2) is 0 Å². The Labute approximate surface area is 89.0 Å². The van der Waals surface area contributed by atoms with Gasteiger partial charge in [-0.3, -0.25) is 9.59 Å². The van der Waals surface area contributed by atoms with Crippen molar-refractivity contribution in [2.75, 3.05) is 6.61 Å². The molecule has 0 N–H and O–H groups in total. The van der Waals surface area contributed by atoms with Crippen LogP contribution in [-0.4, -0.2) is 29.4 Å². The third-order valence-corrected chi connectivity index (χ3v) is 1.81. The molecule has 0 aromatic carbocycles. The molecule has 84 valence electrons. The fourth-order valence-electron chi connectivity index (χ4n) is 1.11. The number of carbonyl (C=O) groups excluding carboxylic acids is 2. The first-order valence-electron chi connectivity index (χ1n) is 5.06. The maximum absolute atomic E-state index is 10.9. The number of Topliss-reactive ketones (excluding diaryl/α,β-unsaturated/α-hetero) is 1. The fraction of sp³-hybridized carbons (Fsp3) is 0.700. The zero-order valence-corrected chi connectivity index (χ0v) is 8.94. The molecule has 0 atom stereocenters. The first-order chi connectivity index (χ1) is 7.20. The monoisotopic (exact) mass is 212 g/mol. The molecule has 15 heavy (non-hydrogen) atoms. The van der Waals surface area contributed by atoms with E-state index in [2.05, 4.69) is 4.79 Å². The van der Waals surface area contributed by atoms with Crippen molar-refractivity contribution in [1.29, 1.82) is 0 Å². The number of hydrogen-bond acceptors (Lipinski definition) is 3. The molecular weight excluding hydrogens is 196 g/mol. The molecule has 0 bridgehead atoms. The number of ether oxygens (including phenoxy) is 1. The SMILES string of the molecule is CCOC(=O)CCCCCC(=O)C=[N+]=[N-]. The van der Waals surface area contributed by atoms with Crippen LogP contribution in [0.2, 0.25) is 0 Å². The quantitative estimate of drug-likeness (QED) is 0.200. The van der Waals surface area contributed by atoms with Crippen molar-refractivity contribution in [2.24, 2.45) is 0 Å². The second-order valence-corrected chi connectivity index (χ2v) is 3.08. The number of rotatable bonds is 8. The van der Waals surface area contributed by atoms with E-state index < -0.39 is 0 Å². The molecule has 5 nitrogen and oxygen atoms in total. The van der Waals surface area contributed by atoms with Gasteiger partial charge in [-0.25, -0.2) is 0 Å². The number of nitrogens with zero attached hydrogens (tertiary/aromatic N) is 2. The van der Waals surface area contributed by atoms with Crippen LogP contribution in [0.1, 0.15) is 39.0 Å². The van der Waals surface area contributed by atoms with Gasteiger partial charge in [-0.2, -0.15) is 4.79 Å². The van der Waals surface area contributed by atoms with Gasteiger partial charge in [-0.1, -0.05) is 6.42 Å². The largest absolute Gasteiger partial charge is 0.466 e. The molecule has 0 aromatic rings. The van der Waals surface area contributed by atoms with E-state index in [1.165, 1.54) is 0 Å². The third-order valence-electron chi connectivity index (χ3n) is 1.81. The topological polar surface area (TPSA) is 79.8 Å². The van der Waals surface area contributed by atoms with Gasteiger partial charge in [0.15, 0.2) is 0 Å². The number of unbranched alkanes of at least 4 members (excludes halogenated alkanes) is 2. The minimum Gasteiger partial charge on any atom is -0.466 e. The summed E-state index contributed by atoms with van der Waals surface area (Å²) in [5, 5.41) is 0. The van der Waals surface area contributed by atoms with Crippen molar-refractivity contribution in [3.05, 3.63) is 5.53 Å². The lowest BCUT2D eigenvalue weighted by atomic mass is 10.1. The third kappa shape index (κ3) is 8.84. The molecule has 5 heteroatoms. The highest BCUT2D eigenvalue weighted by atomic mass is 16.5. The lowest BCUT2D eigenvalue weighted by Crippen LogP contribution is -2.04. The Hall–Kier alpha value is -1.48. The number of hydrogen-bond donors (Lipinski definition) is 0. The molecule has 0 aliphatic carbocycles. The highest BCUT2D eigenvalue weighted by Gasteiger charge is 2.04. The lowest BCUT2D eigenvalue weighted by Gasteiger charge is -2.00. The van der Waals surface area contributed by atoms with Gasteiger partial charge >= 0.3 is 12.2 Å². The van der Waals surface area contributed by atoms with Crippen molar-refractivity contribution in [3.8, 4) is 0 Å². The summed E-state index contributed by atoms with van der Waals surface area (Å²) in [6.45, 7) is 2.18. The Morgan fingerprint density at radius 1 is 1.27 bits per heavy atom. The number of carbonyl (C=O) groups is 2. The van der Waals surface area contributed by atoms with Crippen molar-refractivity contribution in [1.82, 2.24) is 0 Å². The van der Waals surface area contributed by atoms with E-state index in [4.69, 9.17) is 10.3 Å². The van der Waals surface area contributed by atoms with Crippen molar-refractivity contribution in [3.63, 3.8) is 0 Å². The van der Waals surface area contributed by atoms with Crippen LogP contribution in [0.4, 0.5) is 0 Å². The normalized spacial score (nSPS) is 9.13. The minimum atomic E-state index is -0.200. The molecule has 0 amide bonds. The molecule has 0 spiro atoms. The van der Waals surface area contributed by atoms with Crippen molar-refractivity contribution < 1.29 is 19.1 Å². The van der Waals surface area contributed by atoms with Gasteiger partial charge in [-0.15, -0.1) is 0 Å². The van der Waals surface area contributed by atoms with Gasteiger partial charge in [0.25, 0.3) is 0 Å². The van der Waals surface area contributed by atoms with E-state index in [1.807, 2.05) is 0 Å². The lowest BCUT2D eigenvalue weighted by molar-refractivity contribution is -0.143. The predicted octanol–water partition coefficient (Wildman–Crippen LogP) is 1.37. The molecule has 0 saturated carbocycles. The van der Waals surface area contributed by atoms with Crippen LogP contribution in [0.3, 0.4) is 0 Å². The molecule has 0 unspecified atom stereocenters. The van der Waals surface area contributed by atoms with E-state index in [9.17, 15) is 9.59 Å². The summed E-state index contributed by atoms with van der Waals surface area (Å²) in [4.78, 5) is 24.4. The van der Waals surface area contributed by atoms with Crippen LogP contribution < -0.4 is 0 Å². The molecular formula is C10H16N2O3. The Balaban J connectivity index is 3.35. The molecule has 0 fully saturated rings. The summed E-state index contributed by atoms with van der Waals surface area (Å²) in [6.07, 6.45) is 3.87. The highest BCUT2D eigenvalue weighted by molar-refractivity contribution is 6.25. The zero-order valence-electron chi connectivity index (χ0n) is 8.94. The van der Waals surface area contributed by atoms with E-state index >= 15 is 0 Å². The van der Waals surface area contributed by atoms with Crippen molar-refractivity contribution >= 4 is 18.0 Å². The molecule has 0 aliphatic heterocycles. The van der Waals surface area contributed by atoms with Gasteiger partial charge in [0.2, 0.25) is 5.78 Å². The van der Waals surface area contributed by atoms with Crippen LogP contribution in [0.25, 0.3) is 5.53 Å². The van der Waals surface area contributed by atoms with Crippen LogP contribution >= 0.6 is 0 Å². The zero-order chi connectivity index (χ0) is 11.5. The molecule has 0 radical (unpaired) electrons. The van der Waals surface area contributed by atoms with Crippen molar-refractivity contribution in [2.45, 2.75) is 39.0 Å². The average molecular weight is 212 g/mol. The van der Waals surface area contributed by atoms with E-state index in [0.29, 0.717) is 25.9 Å². The molecule has 0 heterocycles. The van der Waals surface area contributed by atoms with Crippen LogP contribution in [-0.2, 0) is 14.3 Å². The summed E-state index contributed by atoms with van der Waals surface area (Å²) in [7, 11) is 0. The Morgan fingerprint density at radius 2 is 1.93 bits per heavy atom. The Bertz CT molecular complexity index is 257. The summed E-state index contributed by atoms with van der Waals surface area (Å²) < 4.78 is 4.75. The number of ketones is 1. The maximum Gasteiger partial charge on any atom is 0.323 e. The first kappa shape index (κ1) is 13.5. The maximum atomic E-state index is 10.9. The molecule has 0 aliphatic rings.